The van der Waals surface area contributed by atoms with Gasteiger partial charge in [0.2, 0.25) is 0 Å². The van der Waals surface area contributed by atoms with Gasteiger partial charge in [-0.25, -0.2) is 14.4 Å². The highest BCUT2D eigenvalue weighted by molar-refractivity contribution is 8.01. The van der Waals surface area contributed by atoms with E-state index in [0.717, 1.165) is 31.0 Å². The number of hydrogen-bond donors (Lipinski definition) is 2. The van der Waals surface area contributed by atoms with Gasteiger partial charge in [0, 0.05) is 30.8 Å². The number of alkyl halides is 3. The minimum absolute atomic E-state index is 0.0711. The number of carbonyl (C=O) groups excluding carboxylic acids is 1. The maximum Gasteiger partial charge on any atom is 0.573 e. The summed E-state index contributed by atoms with van der Waals surface area (Å²) in [5.41, 5.74) is 0.0646. The van der Waals surface area contributed by atoms with E-state index in [1.54, 1.807) is 6.08 Å². The summed E-state index contributed by atoms with van der Waals surface area (Å²) in [6.07, 6.45) is 1.97. The van der Waals surface area contributed by atoms with Crippen LogP contribution >= 0.6 is 11.8 Å². The van der Waals surface area contributed by atoms with E-state index in [0.29, 0.717) is 5.82 Å². The Morgan fingerprint density at radius 3 is 2.81 bits per heavy atom. The van der Waals surface area contributed by atoms with E-state index in [4.69, 9.17) is 0 Å². The minimum atomic E-state index is -4.92. The molecular formula is C20H20F4N4O2S. The van der Waals surface area contributed by atoms with Crippen LogP contribution in [0.3, 0.4) is 0 Å². The van der Waals surface area contributed by atoms with E-state index in [1.165, 1.54) is 18.0 Å². The lowest BCUT2D eigenvalue weighted by Gasteiger charge is -2.15. The van der Waals surface area contributed by atoms with Crippen molar-refractivity contribution in [2.45, 2.75) is 31.7 Å². The lowest BCUT2D eigenvalue weighted by atomic mass is 10.2. The van der Waals surface area contributed by atoms with Crippen molar-refractivity contribution in [2.24, 2.45) is 0 Å². The van der Waals surface area contributed by atoms with Crippen molar-refractivity contribution in [3.63, 3.8) is 0 Å². The van der Waals surface area contributed by atoms with Gasteiger partial charge in [-0.2, -0.15) is 0 Å². The number of anilines is 1. The molecule has 1 aromatic carbocycles. The van der Waals surface area contributed by atoms with Crippen LogP contribution in [0.5, 0.6) is 5.75 Å². The first-order chi connectivity index (χ1) is 14.8. The third kappa shape index (κ3) is 6.84. The topological polar surface area (TPSA) is 76.1 Å². The van der Waals surface area contributed by atoms with Crippen molar-refractivity contribution in [2.75, 3.05) is 18.1 Å². The van der Waals surface area contributed by atoms with Gasteiger partial charge in [-0.05, 0) is 42.7 Å². The predicted octanol–water partition coefficient (Wildman–Crippen LogP) is 4.61. The van der Waals surface area contributed by atoms with E-state index >= 15 is 0 Å². The summed E-state index contributed by atoms with van der Waals surface area (Å²) in [5.74, 6) is -0.794. The summed E-state index contributed by atoms with van der Waals surface area (Å²) >= 11 is 1.48. The molecule has 0 spiro atoms. The van der Waals surface area contributed by atoms with Crippen molar-refractivity contribution in [3.8, 4) is 5.75 Å². The van der Waals surface area contributed by atoms with Crippen molar-refractivity contribution in [3.05, 3.63) is 58.6 Å². The Hall–Kier alpha value is -2.82. The third-order valence-electron chi connectivity index (χ3n) is 4.30. The highest BCUT2D eigenvalue weighted by Gasteiger charge is 2.32. The van der Waals surface area contributed by atoms with Crippen LogP contribution in [0.4, 0.5) is 23.4 Å². The molecule has 0 radical (unpaired) electrons. The van der Waals surface area contributed by atoms with Gasteiger partial charge in [0.25, 0.3) is 5.91 Å². The first-order valence-electron chi connectivity index (χ1n) is 9.38. The minimum Gasteiger partial charge on any atom is -0.405 e. The van der Waals surface area contributed by atoms with E-state index in [-0.39, 0.29) is 36.0 Å². The molecule has 3 rings (SSSR count). The van der Waals surface area contributed by atoms with Gasteiger partial charge in [0.1, 0.15) is 28.8 Å². The molecule has 0 atom stereocenters. The average Bonchev–Trinajstić information content (AvgIpc) is 3.55. The Morgan fingerprint density at radius 2 is 2.13 bits per heavy atom. The van der Waals surface area contributed by atoms with Crippen molar-refractivity contribution in [1.29, 1.82) is 0 Å². The van der Waals surface area contributed by atoms with Gasteiger partial charge < -0.3 is 15.4 Å². The zero-order valence-corrected chi connectivity index (χ0v) is 17.3. The van der Waals surface area contributed by atoms with Crippen molar-refractivity contribution < 1.29 is 27.1 Å². The van der Waals surface area contributed by atoms with Crippen LogP contribution in [-0.2, 0) is 6.54 Å². The first kappa shape index (κ1) is 22.9. The number of hydrogen-bond acceptors (Lipinski definition) is 6. The Balaban J connectivity index is 1.81. The lowest BCUT2D eigenvalue weighted by Crippen LogP contribution is -2.25. The van der Waals surface area contributed by atoms with Gasteiger partial charge in [-0.15, -0.1) is 24.9 Å². The monoisotopic (exact) mass is 456 g/mol. The largest absolute Gasteiger partial charge is 0.573 e. The number of aromatic nitrogens is 2. The fourth-order valence-corrected chi connectivity index (χ4v) is 3.00. The quantitative estimate of drug-likeness (QED) is 0.537. The zero-order valence-electron chi connectivity index (χ0n) is 16.5. The van der Waals surface area contributed by atoms with Crippen LogP contribution in [-0.4, -0.2) is 35.0 Å². The maximum absolute atomic E-state index is 13.6. The maximum atomic E-state index is 13.6. The molecule has 1 aliphatic carbocycles. The second kappa shape index (κ2) is 9.99. The Morgan fingerprint density at radius 1 is 1.35 bits per heavy atom. The molecule has 6 nitrogen and oxygen atoms in total. The highest BCUT2D eigenvalue weighted by Crippen LogP contribution is 2.38. The van der Waals surface area contributed by atoms with Crippen LogP contribution in [0.25, 0.3) is 0 Å². The zero-order chi connectivity index (χ0) is 22.4. The second-order valence-electron chi connectivity index (χ2n) is 6.74. The summed E-state index contributed by atoms with van der Waals surface area (Å²) in [6.45, 7) is 0.0495. The van der Waals surface area contributed by atoms with Gasteiger partial charge in [-0.3, -0.25) is 4.79 Å². The number of nitrogens with zero attached hydrogens (tertiary/aromatic N) is 2. The molecule has 0 saturated heterocycles. The summed E-state index contributed by atoms with van der Waals surface area (Å²) in [6, 6.07) is 2.71. The predicted molar refractivity (Wildman–Crippen MR) is 109 cm³/mol. The van der Waals surface area contributed by atoms with E-state index in [9.17, 15) is 22.4 Å². The van der Waals surface area contributed by atoms with Crippen LogP contribution < -0.4 is 15.4 Å². The number of benzene rings is 1. The molecule has 1 aliphatic rings. The molecule has 1 heterocycles. The Bertz CT molecular complexity index is 965. The summed E-state index contributed by atoms with van der Waals surface area (Å²) in [7, 11) is 0. The Kier molecular flexibility index (Phi) is 7.37. The molecule has 1 amide bonds. The molecule has 11 heteroatoms. The van der Waals surface area contributed by atoms with Crippen molar-refractivity contribution >= 4 is 23.5 Å². The normalized spacial score (nSPS) is 14.0. The van der Waals surface area contributed by atoms with Crippen LogP contribution in [0.15, 0.2) is 35.9 Å². The van der Waals surface area contributed by atoms with Crippen LogP contribution in [0.1, 0.15) is 40.5 Å². The second-order valence-corrected chi connectivity index (χ2v) is 7.48. The van der Waals surface area contributed by atoms with E-state index in [1.807, 2.05) is 11.7 Å². The molecule has 1 aromatic heterocycles. The smallest absolute Gasteiger partial charge is 0.405 e. The number of ether oxygens (including phenoxy) is 1. The highest BCUT2D eigenvalue weighted by atomic mass is 32.2. The number of thioether (sulfide) groups is 1. The molecule has 2 N–H and O–H groups in total. The third-order valence-corrected chi connectivity index (χ3v) is 4.77. The summed E-state index contributed by atoms with van der Waals surface area (Å²) in [5, 5.41) is 7.35. The SMILES string of the molecule is CS/C=C/CNC(=O)c1cnc(C2CC2)nc1NCc1cc(F)ccc1OC(F)(F)F. The number of rotatable bonds is 9. The molecular weight excluding hydrogens is 436 g/mol. The standard InChI is InChI=1S/C20H20F4N4O2S/c1-31-8-2-7-25-19(29)15-11-27-17(12-3-4-12)28-18(15)26-10-13-9-14(21)5-6-16(13)30-20(22,23)24/h2,5-6,8-9,11-12H,3-4,7,10H2,1H3,(H,25,29)(H,26,27,28)/b8-2+. The van der Waals surface area contributed by atoms with Gasteiger partial charge >= 0.3 is 6.36 Å². The molecule has 0 aliphatic heterocycles. The summed E-state index contributed by atoms with van der Waals surface area (Å²) in [4.78, 5) is 21.2. The average molecular weight is 456 g/mol. The lowest BCUT2D eigenvalue weighted by molar-refractivity contribution is -0.274. The number of carbonyl (C=O) groups is 1. The first-order valence-corrected chi connectivity index (χ1v) is 10.7. The molecule has 2 aromatic rings. The number of nitrogens with one attached hydrogen (secondary N) is 2. The van der Waals surface area contributed by atoms with E-state index in [2.05, 4.69) is 25.3 Å². The molecule has 166 valence electrons. The van der Waals surface area contributed by atoms with Crippen LogP contribution in [0, 0.1) is 5.82 Å². The van der Waals surface area contributed by atoms with Gasteiger partial charge in [-0.1, -0.05) is 6.08 Å². The number of amides is 1. The molecule has 0 unspecified atom stereocenters. The van der Waals surface area contributed by atoms with Gasteiger partial charge in [0.05, 0.1) is 0 Å². The van der Waals surface area contributed by atoms with Crippen molar-refractivity contribution in [1.82, 2.24) is 15.3 Å². The fourth-order valence-electron chi connectivity index (χ4n) is 2.72. The molecule has 1 fully saturated rings. The summed E-state index contributed by atoms with van der Waals surface area (Å²) < 4.78 is 55.6. The molecule has 31 heavy (non-hydrogen) atoms. The number of halogens is 4. The Labute approximate surface area is 180 Å². The molecule has 0 bridgehead atoms. The van der Waals surface area contributed by atoms with Gasteiger partial charge in [0.15, 0.2) is 0 Å². The van der Waals surface area contributed by atoms with E-state index < -0.39 is 23.8 Å². The fraction of sp³-hybridized carbons (Fsp3) is 0.350. The van der Waals surface area contributed by atoms with Crippen LogP contribution in [0.2, 0.25) is 0 Å². The molecule has 1 saturated carbocycles.